The van der Waals surface area contributed by atoms with Crippen LogP contribution in [0.2, 0.25) is 0 Å². The van der Waals surface area contributed by atoms with Crippen molar-refractivity contribution >= 4 is 33.4 Å². The van der Waals surface area contributed by atoms with Crippen molar-refractivity contribution in [2.24, 2.45) is 0 Å². The van der Waals surface area contributed by atoms with E-state index < -0.39 is 29.7 Å². The molecule has 0 aromatic heterocycles. The maximum absolute atomic E-state index is 13.9. The minimum absolute atomic E-state index is 0.0187. The van der Waals surface area contributed by atoms with Crippen LogP contribution in [-0.4, -0.2) is 38.2 Å². The standard InChI is InChI=1S/C25H21BrF3N3O5/c1-35-19-10-13(11-20(36-2)21(19)37-3)23(33)31-32-22(15-6-4-5-7-17(15)25(27,28)29)30-18-9-8-14(26)12-16(18)24(32)34/h4-12,22,30H,1-3H3,(H,31,33)/t22-/m0/s1. The Kier molecular flexibility index (Phi) is 7.21. The third-order valence-electron chi connectivity index (χ3n) is 5.69. The molecule has 0 saturated carbocycles. The van der Waals surface area contributed by atoms with E-state index in [4.69, 9.17) is 14.2 Å². The summed E-state index contributed by atoms with van der Waals surface area (Å²) in [6, 6.07) is 12.3. The normalized spacial score (nSPS) is 14.9. The molecule has 0 fully saturated rings. The molecule has 0 saturated heterocycles. The van der Waals surface area contributed by atoms with Gasteiger partial charge in [-0.15, -0.1) is 0 Å². The summed E-state index contributed by atoms with van der Waals surface area (Å²) < 4.78 is 58.0. The molecule has 12 heteroatoms. The maximum Gasteiger partial charge on any atom is 0.416 e. The van der Waals surface area contributed by atoms with Crippen LogP contribution in [-0.2, 0) is 6.18 Å². The van der Waals surface area contributed by atoms with Crippen LogP contribution in [0.4, 0.5) is 18.9 Å². The lowest BCUT2D eigenvalue weighted by molar-refractivity contribution is -0.138. The molecule has 3 aromatic rings. The lowest BCUT2D eigenvalue weighted by Crippen LogP contribution is -2.53. The van der Waals surface area contributed by atoms with Crippen LogP contribution < -0.4 is 25.0 Å². The monoisotopic (exact) mass is 579 g/mol. The highest BCUT2D eigenvalue weighted by molar-refractivity contribution is 9.10. The van der Waals surface area contributed by atoms with Crippen LogP contribution in [0.3, 0.4) is 0 Å². The molecule has 1 atom stereocenters. The minimum atomic E-state index is -4.70. The Morgan fingerprint density at radius 1 is 1.00 bits per heavy atom. The lowest BCUT2D eigenvalue weighted by atomic mass is 10.0. The van der Waals surface area contributed by atoms with Crippen LogP contribution in [0.15, 0.2) is 59.1 Å². The Balaban J connectivity index is 1.80. The molecule has 0 spiro atoms. The molecule has 0 unspecified atom stereocenters. The highest BCUT2D eigenvalue weighted by Gasteiger charge is 2.41. The van der Waals surface area contributed by atoms with E-state index in [0.29, 0.717) is 10.2 Å². The van der Waals surface area contributed by atoms with Crippen molar-refractivity contribution in [1.82, 2.24) is 10.4 Å². The molecule has 0 radical (unpaired) electrons. The van der Waals surface area contributed by atoms with Crippen molar-refractivity contribution in [3.63, 3.8) is 0 Å². The minimum Gasteiger partial charge on any atom is -0.493 e. The average Bonchev–Trinajstić information content (AvgIpc) is 2.88. The zero-order valence-corrected chi connectivity index (χ0v) is 21.4. The summed E-state index contributed by atoms with van der Waals surface area (Å²) in [5.41, 5.74) is 1.75. The fraction of sp³-hybridized carbons (Fsp3) is 0.200. The number of ether oxygens (including phenoxy) is 3. The van der Waals surface area contributed by atoms with Crippen LogP contribution in [0, 0.1) is 0 Å². The van der Waals surface area contributed by atoms with Gasteiger partial charge in [0.2, 0.25) is 5.75 Å². The number of fused-ring (bicyclic) bond motifs is 1. The fourth-order valence-corrected chi connectivity index (χ4v) is 4.35. The van der Waals surface area contributed by atoms with Crippen molar-refractivity contribution in [2.75, 3.05) is 26.6 Å². The topological polar surface area (TPSA) is 89.1 Å². The molecule has 4 rings (SSSR count). The van der Waals surface area contributed by atoms with Gasteiger partial charge in [-0.05, 0) is 36.4 Å². The quantitative estimate of drug-likeness (QED) is 0.406. The summed E-state index contributed by atoms with van der Waals surface area (Å²) in [7, 11) is 4.14. The average molecular weight is 580 g/mol. The van der Waals surface area contributed by atoms with Crippen molar-refractivity contribution in [2.45, 2.75) is 12.3 Å². The number of anilines is 1. The first-order chi connectivity index (χ1) is 17.6. The van der Waals surface area contributed by atoms with Crippen molar-refractivity contribution < 1.29 is 37.0 Å². The zero-order valence-electron chi connectivity index (χ0n) is 19.8. The summed E-state index contributed by atoms with van der Waals surface area (Å²) >= 11 is 3.29. The Bertz CT molecular complexity index is 1340. The second-order valence-corrected chi connectivity index (χ2v) is 8.77. The molecule has 3 aromatic carbocycles. The van der Waals surface area contributed by atoms with Gasteiger partial charge < -0.3 is 19.5 Å². The van der Waals surface area contributed by atoms with Gasteiger partial charge >= 0.3 is 6.18 Å². The number of methoxy groups -OCH3 is 3. The van der Waals surface area contributed by atoms with Crippen LogP contribution in [0.5, 0.6) is 17.2 Å². The van der Waals surface area contributed by atoms with Crippen LogP contribution >= 0.6 is 15.9 Å². The van der Waals surface area contributed by atoms with E-state index in [2.05, 4.69) is 26.7 Å². The van der Waals surface area contributed by atoms with Crippen molar-refractivity contribution in [3.8, 4) is 17.2 Å². The van der Waals surface area contributed by atoms with Crippen LogP contribution in [0.1, 0.15) is 38.0 Å². The van der Waals surface area contributed by atoms with Gasteiger partial charge in [-0.2, -0.15) is 13.2 Å². The van der Waals surface area contributed by atoms with Gasteiger partial charge in [0.25, 0.3) is 11.8 Å². The van der Waals surface area contributed by atoms with E-state index in [1.807, 2.05) is 0 Å². The Morgan fingerprint density at radius 3 is 2.24 bits per heavy atom. The number of nitrogens with one attached hydrogen (secondary N) is 2. The van der Waals surface area contributed by atoms with E-state index in [1.54, 1.807) is 12.1 Å². The summed E-state index contributed by atoms with van der Waals surface area (Å²) in [6.07, 6.45) is -6.07. The maximum atomic E-state index is 13.9. The Hall–Kier alpha value is -3.93. The first-order valence-electron chi connectivity index (χ1n) is 10.8. The van der Waals surface area contributed by atoms with E-state index in [-0.39, 0.29) is 33.9 Å². The highest BCUT2D eigenvalue weighted by atomic mass is 79.9. The van der Waals surface area contributed by atoms with E-state index in [9.17, 15) is 22.8 Å². The predicted molar refractivity (Wildman–Crippen MR) is 132 cm³/mol. The number of alkyl halides is 3. The molecule has 2 N–H and O–H groups in total. The molecular formula is C25H21BrF3N3O5. The zero-order chi connectivity index (χ0) is 26.9. The number of rotatable bonds is 6. The molecule has 1 heterocycles. The van der Waals surface area contributed by atoms with Gasteiger partial charge in [-0.3, -0.25) is 15.0 Å². The summed E-state index contributed by atoms with van der Waals surface area (Å²) in [5.74, 6) is -0.889. The first-order valence-corrected chi connectivity index (χ1v) is 11.5. The number of amides is 2. The number of benzene rings is 3. The van der Waals surface area contributed by atoms with Gasteiger partial charge in [-0.25, -0.2) is 5.01 Å². The summed E-state index contributed by atoms with van der Waals surface area (Å²) in [6.45, 7) is 0. The van der Waals surface area contributed by atoms with E-state index in [1.165, 1.54) is 57.7 Å². The second kappa shape index (κ2) is 10.2. The number of halogens is 4. The number of hydrogen-bond donors (Lipinski definition) is 2. The molecule has 1 aliphatic rings. The van der Waals surface area contributed by atoms with Gasteiger partial charge in [0.1, 0.15) is 6.17 Å². The largest absolute Gasteiger partial charge is 0.493 e. The van der Waals surface area contributed by atoms with E-state index >= 15 is 0 Å². The lowest BCUT2D eigenvalue weighted by Gasteiger charge is -2.38. The van der Waals surface area contributed by atoms with Gasteiger partial charge in [0, 0.05) is 21.3 Å². The first kappa shape index (κ1) is 26.1. The smallest absolute Gasteiger partial charge is 0.416 e. The number of nitrogens with zero attached hydrogens (tertiary/aromatic N) is 1. The highest BCUT2D eigenvalue weighted by Crippen LogP contribution is 2.41. The molecule has 8 nitrogen and oxygen atoms in total. The predicted octanol–water partition coefficient (Wildman–Crippen LogP) is 5.41. The Morgan fingerprint density at radius 2 is 1.65 bits per heavy atom. The SMILES string of the molecule is COc1cc(C(=O)NN2C(=O)c3cc(Br)ccc3N[C@@H]2c2ccccc2C(F)(F)F)cc(OC)c1OC. The molecular weight excluding hydrogens is 559 g/mol. The number of carbonyl (C=O) groups excluding carboxylic acids is 2. The third-order valence-corrected chi connectivity index (χ3v) is 6.18. The summed E-state index contributed by atoms with van der Waals surface area (Å²) in [5, 5.41) is 3.79. The second-order valence-electron chi connectivity index (χ2n) is 7.85. The van der Waals surface area contributed by atoms with Gasteiger partial charge in [0.05, 0.1) is 32.5 Å². The Labute approximate surface area is 218 Å². The summed E-state index contributed by atoms with van der Waals surface area (Å²) in [4.78, 5) is 26.8. The number of carbonyl (C=O) groups is 2. The van der Waals surface area contributed by atoms with Gasteiger partial charge in [-0.1, -0.05) is 34.1 Å². The molecule has 1 aliphatic heterocycles. The molecule has 0 bridgehead atoms. The van der Waals surface area contributed by atoms with Gasteiger partial charge in [0.15, 0.2) is 11.5 Å². The van der Waals surface area contributed by atoms with Crippen LogP contribution in [0.25, 0.3) is 0 Å². The third kappa shape index (κ3) is 5.01. The molecule has 2 amide bonds. The molecule has 0 aliphatic carbocycles. The number of hydrogen-bond acceptors (Lipinski definition) is 6. The number of hydrazine groups is 1. The molecule has 37 heavy (non-hydrogen) atoms. The van der Waals surface area contributed by atoms with Crippen molar-refractivity contribution in [1.29, 1.82) is 0 Å². The molecule has 194 valence electrons. The fourth-order valence-electron chi connectivity index (χ4n) is 3.99. The van der Waals surface area contributed by atoms with Crippen molar-refractivity contribution in [3.05, 3.63) is 81.3 Å². The van der Waals surface area contributed by atoms with E-state index in [0.717, 1.165) is 11.1 Å².